The summed E-state index contributed by atoms with van der Waals surface area (Å²) in [6.07, 6.45) is 5.83. The molecule has 65 valence electrons. The Bertz CT molecular complexity index is 415. The van der Waals surface area contributed by atoms with Gasteiger partial charge in [-0.05, 0) is 18.6 Å². The average Bonchev–Trinajstić information content (AvgIpc) is 2.58. The van der Waals surface area contributed by atoms with Gasteiger partial charge in [-0.3, -0.25) is 0 Å². The number of rotatable bonds is 3. The van der Waals surface area contributed by atoms with E-state index in [-0.39, 0.29) is 0 Å². The van der Waals surface area contributed by atoms with Gasteiger partial charge in [-0.1, -0.05) is 18.2 Å². The molecule has 2 nitrogen and oxygen atoms in total. The van der Waals surface area contributed by atoms with Crippen molar-refractivity contribution in [2.45, 2.75) is 13.0 Å². The van der Waals surface area contributed by atoms with E-state index in [1.807, 2.05) is 28.8 Å². The first-order chi connectivity index (χ1) is 6.42. The molecular weight excluding hydrogens is 160 g/mol. The van der Waals surface area contributed by atoms with Gasteiger partial charge < -0.3 is 4.57 Å². The van der Waals surface area contributed by atoms with Crippen LogP contribution in [0.25, 0.3) is 11.0 Å². The van der Waals surface area contributed by atoms with Crippen LogP contribution in [0, 0.1) is 6.33 Å². The van der Waals surface area contributed by atoms with Crippen LogP contribution >= 0.6 is 0 Å². The lowest BCUT2D eigenvalue weighted by molar-refractivity contribution is 0.725. The molecule has 0 amide bonds. The van der Waals surface area contributed by atoms with Crippen LogP contribution in [0.15, 0.2) is 36.9 Å². The molecule has 2 heteroatoms. The summed E-state index contributed by atoms with van der Waals surface area (Å²) in [5.41, 5.74) is 2.15. The summed E-state index contributed by atoms with van der Waals surface area (Å²) >= 11 is 0. The summed E-state index contributed by atoms with van der Waals surface area (Å²) in [4.78, 5) is 4.18. The number of hydrogen-bond donors (Lipinski definition) is 0. The molecule has 1 aromatic heterocycles. The van der Waals surface area contributed by atoms with Gasteiger partial charge in [0.2, 0.25) is 0 Å². The lowest BCUT2D eigenvalue weighted by Crippen LogP contribution is -1.94. The predicted octanol–water partition coefficient (Wildman–Crippen LogP) is 2.41. The van der Waals surface area contributed by atoms with Gasteiger partial charge in [0.1, 0.15) is 0 Å². The number of nitrogens with zero attached hydrogens (tertiary/aromatic N) is 2. The van der Waals surface area contributed by atoms with E-state index in [1.165, 1.54) is 0 Å². The largest absolute Gasteiger partial charge is 0.321 e. The zero-order chi connectivity index (χ0) is 9.10. The molecule has 0 aliphatic heterocycles. The van der Waals surface area contributed by atoms with E-state index >= 15 is 0 Å². The molecule has 1 radical (unpaired) electrons. The van der Waals surface area contributed by atoms with Crippen LogP contribution in [0.4, 0.5) is 0 Å². The molecule has 0 fully saturated rings. The minimum Gasteiger partial charge on any atom is -0.321 e. The topological polar surface area (TPSA) is 17.8 Å². The number of imidazole rings is 1. The summed E-state index contributed by atoms with van der Waals surface area (Å²) in [5.74, 6) is 0. The van der Waals surface area contributed by atoms with Gasteiger partial charge in [0.15, 0.2) is 6.33 Å². The maximum atomic E-state index is 4.18. The van der Waals surface area contributed by atoms with Crippen LogP contribution < -0.4 is 0 Å². The summed E-state index contributed by atoms with van der Waals surface area (Å²) < 4.78 is 2.02. The Labute approximate surface area is 77.5 Å². The molecule has 0 N–H and O–H groups in total. The Morgan fingerprint density at radius 2 is 2.31 bits per heavy atom. The zero-order valence-corrected chi connectivity index (χ0v) is 7.40. The van der Waals surface area contributed by atoms with Crippen LogP contribution in [0.5, 0.6) is 0 Å². The lowest BCUT2D eigenvalue weighted by atomic mass is 10.3. The van der Waals surface area contributed by atoms with Crippen LogP contribution in [-0.4, -0.2) is 9.55 Å². The monoisotopic (exact) mass is 171 g/mol. The van der Waals surface area contributed by atoms with Crippen LogP contribution in [0.1, 0.15) is 6.42 Å². The van der Waals surface area contributed by atoms with Gasteiger partial charge in [0.05, 0.1) is 11.0 Å². The summed E-state index contributed by atoms with van der Waals surface area (Å²) in [5, 5.41) is 0. The minimum absolute atomic E-state index is 0.907. The summed E-state index contributed by atoms with van der Waals surface area (Å²) in [6, 6.07) is 8.06. The first-order valence-electron chi connectivity index (χ1n) is 4.35. The van der Waals surface area contributed by atoms with E-state index in [0.717, 1.165) is 24.0 Å². The van der Waals surface area contributed by atoms with Crippen molar-refractivity contribution in [3.8, 4) is 0 Å². The molecule has 2 rings (SSSR count). The quantitative estimate of drug-likeness (QED) is 0.648. The van der Waals surface area contributed by atoms with E-state index in [2.05, 4.69) is 24.0 Å². The Hall–Kier alpha value is -1.57. The first kappa shape index (κ1) is 8.05. The van der Waals surface area contributed by atoms with Crippen molar-refractivity contribution in [3.63, 3.8) is 0 Å². The fourth-order valence-corrected chi connectivity index (χ4v) is 1.35. The van der Waals surface area contributed by atoms with E-state index in [1.54, 1.807) is 0 Å². The number of benzene rings is 1. The number of aryl methyl sites for hydroxylation is 1. The van der Waals surface area contributed by atoms with Gasteiger partial charge in [0.25, 0.3) is 0 Å². The molecule has 0 spiro atoms. The van der Waals surface area contributed by atoms with Crippen molar-refractivity contribution in [2.24, 2.45) is 0 Å². The average molecular weight is 171 g/mol. The highest BCUT2D eigenvalue weighted by atomic mass is 15.0. The number of allylic oxidation sites excluding steroid dienone is 1. The van der Waals surface area contributed by atoms with Crippen molar-refractivity contribution in [1.29, 1.82) is 0 Å². The standard InChI is InChI=1S/C11H11N2/c1-2-3-8-13-9-12-10-6-4-5-7-11(10)13/h2,4-7H,1,3,8H2. The predicted molar refractivity (Wildman–Crippen MR) is 53.4 cm³/mol. The number of fused-ring (bicyclic) bond motifs is 1. The molecule has 1 aromatic carbocycles. The number of para-hydroxylation sites is 2. The van der Waals surface area contributed by atoms with E-state index in [0.29, 0.717) is 0 Å². The summed E-state index contributed by atoms with van der Waals surface area (Å²) in [6.45, 7) is 4.60. The Morgan fingerprint density at radius 3 is 3.15 bits per heavy atom. The number of aromatic nitrogens is 2. The second kappa shape index (κ2) is 3.44. The molecule has 0 saturated heterocycles. The van der Waals surface area contributed by atoms with Crippen LogP contribution in [0.2, 0.25) is 0 Å². The highest BCUT2D eigenvalue weighted by molar-refractivity contribution is 5.74. The van der Waals surface area contributed by atoms with Gasteiger partial charge >= 0.3 is 0 Å². The van der Waals surface area contributed by atoms with Gasteiger partial charge in [0, 0.05) is 6.54 Å². The second-order valence-corrected chi connectivity index (χ2v) is 2.93. The van der Waals surface area contributed by atoms with Crippen molar-refractivity contribution in [1.82, 2.24) is 9.55 Å². The Balaban J connectivity index is 2.40. The smallest absolute Gasteiger partial charge is 0.177 e. The Kier molecular flexibility index (Phi) is 2.13. The third-order valence-corrected chi connectivity index (χ3v) is 2.02. The van der Waals surface area contributed by atoms with Crippen molar-refractivity contribution in [2.75, 3.05) is 0 Å². The van der Waals surface area contributed by atoms with Crippen LogP contribution in [0.3, 0.4) is 0 Å². The Morgan fingerprint density at radius 1 is 1.46 bits per heavy atom. The molecule has 2 aromatic rings. The molecule has 0 aliphatic carbocycles. The van der Waals surface area contributed by atoms with Crippen molar-refractivity contribution >= 4 is 11.0 Å². The second-order valence-electron chi connectivity index (χ2n) is 2.93. The number of hydrogen-bond acceptors (Lipinski definition) is 1. The molecule has 0 bridgehead atoms. The van der Waals surface area contributed by atoms with Gasteiger partial charge in [-0.15, -0.1) is 6.58 Å². The molecule has 0 atom stereocenters. The lowest BCUT2D eigenvalue weighted by Gasteiger charge is -1.99. The zero-order valence-electron chi connectivity index (χ0n) is 7.40. The molecule has 0 unspecified atom stereocenters. The maximum Gasteiger partial charge on any atom is 0.177 e. The van der Waals surface area contributed by atoms with Crippen LogP contribution in [-0.2, 0) is 6.54 Å². The maximum absolute atomic E-state index is 4.18. The van der Waals surface area contributed by atoms with Gasteiger partial charge in [-0.2, -0.15) is 0 Å². The minimum atomic E-state index is 0.907. The van der Waals surface area contributed by atoms with Gasteiger partial charge in [-0.25, -0.2) is 4.98 Å². The highest BCUT2D eigenvalue weighted by Crippen LogP contribution is 2.11. The normalized spacial score (nSPS) is 10.5. The molecule has 1 heterocycles. The van der Waals surface area contributed by atoms with E-state index < -0.39 is 0 Å². The SMILES string of the molecule is C=CCCn1[c]nc2ccccc21. The molecule has 0 saturated carbocycles. The third kappa shape index (κ3) is 1.47. The van der Waals surface area contributed by atoms with E-state index in [4.69, 9.17) is 0 Å². The van der Waals surface area contributed by atoms with Crippen molar-refractivity contribution < 1.29 is 0 Å². The third-order valence-electron chi connectivity index (χ3n) is 2.02. The fourth-order valence-electron chi connectivity index (χ4n) is 1.35. The highest BCUT2D eigenvalue weighted by Gasteiger charge is 1.99. The van der Waals surface area contributed by atoms with Crippen molar-refractivity contribution in [3.05, 3.63) is 43.2 Å². The fraction of sp³-hybridized carbons (Fsp3) is 0.182. The first-order valence-corrected chi connectivity index (χ1v) is 4.35. The summed E-state index contributed by atoms with van der Waals surface area (Å²) in [7, 11) is 0. The van der Waals surface area contributed by atoms with E-state index in [9.17, 15) is 0 Å². The molecule has 13 heavy (non-hydrogen) atoms. The molecule has 0 aliphatic rings. The molecular formula is C11H11N2.